The van der Waals surface area contributed by atoms with E-state index in [1.165, 1.54) is 24.7 Å². The van der Waals surface area contributed by atoms with Crippen molar-refractivity contribution < 1.29 is 17.6 Å². The second kappa shape index (κ2) is 10.1. The summed E-state index contributed by atoms with van der Waals surface area (Å²) >= 11 is 5.81. The second-order valence-corrected chi connectivity index (χ2v) is 11.1. The number of hydrogen-bond acceptors (Lipinski definition) is 3. The second-order valence-electron chi connectivity index (χ2n) is 8.96. The molecule has 0 aromatic heterocycles. The summed E-state index contributed by atoms with van der Waals surface area (Å²) in [5, 5.41) is 2.51. The molecule has 0 spiro atoms. The summed E-state index contributed by atoms with van der Waals surface area (Å²) in [6.45, 7) is 4.28. The van der Waals surface area contributed by atoms with Gasteiger partial charge < -0.3 is 5.32 Å². The Hall–Kier alpha value is -2.78. The quantitative estimate of drug-likeness (QED) is 0.471. The Morgan fingerprint density at radius 2 is 1.80 bits per heavy atom. The molecule has 1 aliphatic rings. The van der Waals surface area contributed by atoms with Crippen LogP contribution in [0.3, 0.4) is 0 Å². The lowest BCUT2D eigenvalue weighted by molar-refractivity contribution is -0.120. The summed E-state index contributed by atoms with van der Waals surface area (Å²) in [5.74, 6) is -0.700. The molecule has 1 aliphatic heterocycles. The van der Waals surface area contributed by atoms with Crippen LogP contribution in [-0.2, 0) is 15.0 Å². The molecule has 3 aromatic rings. The molecule has 0 radical (unpaired) electrons. The molecule has 0 saturated carbocycles. The Kier molecular flexibility index (Phi) is 7.28. The first-order valence-electron chi connectivity index (χ1n) is 11.3. The normalized spacial score (nSPS) is 20.1. The highest BCUT2D eigenvalue weighted by Crippen LogP contribution is 2.32. The van der Waals surface area contributed by atoms with Crippen molar-refractivity contribution in [3.05, 3.63) is 88.7 Å². The first kappa shape index (κ1) is 25.3. The molecule has 1 amide bonds. The first-order chi connectivity index (χ1) is 16.5. The van der Waals surface area contributed by atoms with E-state index in [0.29, 0.717) is 5.92 Å². The number of halogens is 2. The molecule has 1 saturated heterocycles. The minimum Gasteiger partial charge on any atom is -0.325 e. The monoisotopic (exact) mass is 515 g/mol. The average Bonchev–Trinajstić information content (AvgIpc) is 2.83. The van der Waals surface area contributed by atoms with Gasteiger partial charge in [-0.1, -0.05) is 67.9 Å². The zero-order valence-corrected chi connectivity index (χ0v) is 21.2. The van der Waals surface area contributed by atoms with E-state index in [9.17, 15) is 17.6 Å². The molecule has 0 aliphatic carbocycles. The van der Waals surface area contributed by atoms with E-state index in [-0.39, 0.29) is 17.1 Å². The van der Waals surface area contributed by atoms with E-state index in [1.807, 2.05) is 24.3 Å². The molecule has 35 heavy (non-hydrogen) atoms. The third kappa shape index (κ3) is 5.56. The number of benzene rings is 3. The Bertz CT molecular complexity index is 1350. The highest BCUT2D eigenvalue weighted by molar-refractivity contribution is 7.87. The summed E-state index contributed by atoms with van der Waals surface area (Å²) in [5.41, 5.74) is 4.26. The largest absolute Gasteiger partial charge is 0.325 e. The lowest BCUT2D eigenvalue weighted by Gasteiger charge is -2.36. The minimum atomic E-state index is -3.92. The van der Waals surface area contributed by atoms with Crippen molar-refractivity contribution in [1.82, 2.24) is 9.03 Å². The van der Waals surface area contributed by atoms with Crippen LogP contribution in [0.4, 0.5) is 10.1 Å². The van der Waals surface area contributed by atoms with Crippen LogP contribution < -0.4 is 10.0 Å². The molecule has 2 N–H and O–H groups in total. The average molecular weight is 516 g/mol. The van der Waals surface area contributed by atoms with Crippen molar-refractivity contribution in [3.63, 3.8) is 0 Å². The van der Waals surface area contributed by atoms with E-state index in [2.05, 4.69) is 48.2 Å². The lowest BCUT2D eigenvalue weighted by atomic mass is 9.94. The van der Waals surface area contributed by atoms with Crippen LogP contribution in [-0.4, -0.2) is 31.7 Å². The smallest absolute Gasteiger partial charge is 0.280 e. The molecule has 0 bridgehead atoms. The van der Waals surface area contributed by atoms with Crippen molar-refractivity contribution in [3.8, 4) is 11.1 Å². The summed E-state index contributed by atoms with van der Waals surface area (Å²) in [4.78, 5) is 13.0. The Morgan fingerprint density at radius 1 is 1.09 bits per heavy atom. The van der Waals surface area contributed by atoms with Gasteiger partial charge in [-0.2, -0.15) is 17.4 Å². The van der Waals surface area contributed by atoms with E-state index in [0.717, 1.165) is 27.1 Å². The van der Waals surface area contributed by atoms with Crippen LogP contribution in [0.2, 0.25) is 5.02 Å². The summed E-state index contributed by atoms with van der Waals surface area (Å²) in [7, 11) is -2.56. The van der Waals surface area contributed by atoms with E-state index >= 15 is 0 Å². The van der Waals surface area contributed by atoms with Crippen molar-refractivity contribution >= 4 is 33.4 Å². The summed E-state index contributed by atoms with van der Waals surface area (Å²) in [6.07, 6.45) is 0.215. The van der Waals surface area contributed by atoms with Crippen molar-refractivity contribution in [2.24, 2.45) is 0 Å². The van der Waals surface area contributed by atoms with Gasteiger partial charge in [-0.05, 0) is 58.9 Å². The predicted molar refractivity (Wildman–Crippen MR) is 137 cm³/mol. The van der Waals surface area contributed by atoms with Crippen LogP contribution in [0, 0.1) is 5.82 Å². The fraction of sp³-hybridized carbons (Fsp3) is 0.269. The maximum Gasteiger partial charge on any atom is 0.280 e. The highest BCUT2D eigenvalue weighted by Gasteiger charge is 2.40. The van der Waals surface area contributed by atoms with Gasteiger partial charge in [0, 0.05) is 18.8 Å². The Labute approximate surface area is 210 Å². The Morgan fingerprint density at radius 3 is 2.46 bits per heavy atom. The van der Waals surface area contributed by atoms with Gasteiger partial charge in [0.25, 0.3) is 10.2 Å². The molecule has 184 valence electrons. The fourth-order valence-corrected chi connectivity index (χ4v) is 5.58. The standard InChI is InChI=1S/C26H27ClFN3O3S/c1-16(2)17-7-9-18(10-8-17)19-5-4-6-20(13-19)24-15-25(31(3)35(33,34)30-24)26(32)29-21-11-12-23(28)22(27)14-21/h4-14,16,24-25,30H,15H2,1-3H3,(H,29,32)/t24-,25+/m0/s1. The van der Waals surface area contributed by atoms with Gasteiger partial charge in [-0.3, -0.25) is 4.79 Å². The maximum atomic E-state index is 13.5. The number of likely N-dealkylation sites (N-methyl/N-ethyl adjacent to an activating group) is 1. The van der Waals surface area contributed by atoms with E-state index in [4.69, 9.17) is 11.6 Å². The Balaban J connectivity index is 1.59. The zero-order valence-electron chi connectivity index (χ0n) is 19.6. The molecule has 1 heterocycles. The summed E-state index contributed by atoms with van der Waals surface area (Å²) < 4.78 is 42.9. The van der Waals surface area contributed by atoms with E-state index in [1.54, 1.807) is 0 Å². The molecule has 6 nitrogen and oxygen atoms in total. The molecule has 1 fully saturated rings. The van der Waals surface area contributed by atoms with Crippen molar-refractivity contribution in [1.29, 1.82) is 0 Å². The number of rotatable bonds is 5. The van der Waals surface area contributed by atoms with Crippen molar-refractivity contribution in [2.45, 2.75) is 38.3 Å². The van der Waals surface area contributed by atoms with Crippen LogP contribution in [0.1, 0.15) is 43.4 Å². The van der Waals surface area contributed by atoms with Gasteiger partial charge in [0.05, 0.1) is 5.02 Å². The SMILES string of the molecule is CC(C)c1ccc(-c2cccc([C@@H]3C[C@H](C(=O)Nc4ccc(F)c(Cl)c4)N(C)S(=O)(=O)N3)c2)cc1. The van der Waals surface area contributed by atoms with Crippen LogP contribution in [0.15, 0.2) is 66.7 Å². The van der Waals surface area contributed by atoms with Crippen LogP contribution in [0.25, 0.3) is 11.1 Å². The molecule has 0 unspecified atom stereocenters. The fourth-order valence-electron chi connectivity index (χ4n) is 4.12. The van der Waals surface area contributed by atoms with Gasteiger partial charge in [0.15, 0.2) is 0 Å². The van der Waals surface area contributed by atoms with Gasteiger partial charge in [0.1, 0.15) is 11.9 Å². The minimum absolute atomic E-state index is 0.134. The van der Waals surface area contributed by atoms with Crippen molar-refractivity contribution in [2.75, 3.05) is 12.4 Å². The number of amides is 1. The first-order valence-corrected chi connectivity index (χ1v) is 13.1. The topological polar surface area (TPSA) is 78.5 Å². The number of hydrogen-bond donors (Lipinski definition) is 2. The molecule has 3 aromatic carbocycles. The molecule has 2 atom stereocenters. The molecular weight excluding hydrogens is 489 g/mol. The third-order valence-electron chi connectivity index (χ3n) is 6.26. The number of nitrogens with zero attached hydrogens (tertiary/aromatic N) is 1. The highest BCUT2D eigenvalue weighted by atomic mass is 35.5. The number of carbonyl (C=O) groups is 1. The third-order valence-corrected chi connectivity index (χ3v) is 8.14. The van der Waals surface area contributed by atoms with Crippen LogP contribution >= 0.6 is 11.6 Å². The summed E-state index contributed by atoms with van der Waals surface area (Å²) in [6, 6.07) is 18.2. The maximum absolute atomic E-state index is 13.5. The van der Waals surface area contributed by atoms with Gasteiger partial charge in [-0.15, -0.1) is 0 Å². The molecule has 4 rings (SSSR count). The lowest BCUT2D eigenvalue weighted by Crippen LogP contribution is -2.55. The van der Waals surface area contributed by atoms with Crippen LogP contribution in [0.5, 0.6) is 0 Å². The zero-order chi connectivity index (χ0) is 25.3. The molecular formula is C26H27ClFN3O3S. The van der Waals surface area contributed by atoms with Gasteiger partial charge in [0.2, 0.25) is 5.91 Å². The molecule has 9 heteroatoms. The number of anilines is 1. The number of nitrogens with one attached hydrogen (secondary N) is 2. The van der Waals surface area contributed by atoms with E-state index < -0.39 is 34.0 Å². The predicted octanol–water partition coefficient (Wildman–Crippen LogP) is 5.49. The van der Waals surface area contributed by atoms with Gasteiger partial charge in [-0.25, -0.2) is 4.39 Å². The van der Waals surface area contributed by atoms with Gasteiger partial charge >= 0.3 is 0 Å². The number of carbonyl (C=O) groups excluding carboxylic acids is 1.